The summed E-state index contributed by atoms with van der Waals surface area (Å²) in [6.45, 7) is 3.55. The molecule has 0 unspecified atom stereocenters. The third-order valence-electron chi connectivity index (χ3n) is 6.90. The number of unbranched alkanes of at least 4 members (excludes halogenated alkanes) is 11. The SMILES string of the molecule is CCCCCCCCCCCCCCOc1c(OC)cccc1OCC(=O)Nc1ccc(C[n+]2ccsc2)cc1. The molecule has 0 aliphatic rings. The molecule has 40 heavy (non-hydrogen) atoms. The van der Waals surface area contributed by atoms with E-state index in [2.05, 4.69) is 22.3 Å². The molecule has 1 aromatic heterocycles. The van der Waals surface area contributed by atoms with Crippen molar-refractivity contribution in [2.75, 3.05) is 25.6 Å². The van der Waals surface area contributed by atoms with E-state index in [-0.39, 0.29) is 12.5 Å². The number of anilines is 1. The molecule has 0 atom stereocenters. The van der Waals surface area contributed by atoms with Crippen LogP contribution in [0, 0.1) is 0 Å². The summed E-state index contributed by atoms with van der Waals surface area (Å²) in [5.41, 5.74) is 3.98. The van der Waals surface area contributed by atoms with Crippen LogP contribution in [-0.4, -0.2) is 26.2 Å². The second kappa shape index (κ2) is 19.1. The fourth-order valence-electron chi connectivity index (χ4n) is 4.63. The lowest BCUT2D eigenvalue weighted by atomic mass is 10.1. The molecule has 0 aliphatic carbocycles. The van der Waals surface area contributed by atoms with Crippen LogP contribution < -0.4 is 24.1 Å². The van der Waals surface area contributed by atoms with Crippen LogP contribution in [0.2, 0.25) is 0 Å². The number of benzene rings is 2. The zero-order chi connectivity index (χ0) is 28.3. The Balaban J connectivity index is 1.34. The van der Waals surface area contributed by atoms with Gasteiger partial charge in [-0.25, -0.2) is 0 Å². The third-order valence-corrected chi connectivity index (χ3v) is 7.57. The number of amides is 1. The van der Waals surface area contributed by atoms with Crippen LogP contribution >= 0.6 is 11.3 Å². The molecule has 0 bridgehead atoms. The lowest BCUT2D eigenvalue weighted by Gasteiger charge is -2.15. The van der Waals surface area contributed by atoms with Crippen LogP contribution in [0.15, 0.2) is 59.6 Å². The monoisotopic (exact) mass is 567 g/mol. The summed E-state index contributed by atoms with van der Waals surface area (Å²) < 4.78 is 19.5. The van der Waals surface area contributed by atoms with Gasteiger partial charge in [0.05, 0.1) is 19.1 Å². The Labute approximate surface area is 244 Å². The average Bonchev–Trinajstić information content (AvgIpc) is 3.49. The number of aromatic nitrogens is 1. The van der Waals surface area contributed by atoms with Gasteiger partial charge in [-0.1, -0.05) is 107 Å². The minimum absolute atomic E-state index is 0.116. The molecule has 7 heteroatoms. The van der Waals surface area contributed by atoms with Gasteiger partial charge in [-0.2, -0.15) is 4.57 Å². The highest BCUT2D eigenvalue weighted by Gasteiger charge is 2.14. The van der Waals surface area contributed by atoms with Crippen molar-refractivity contribution >= 4 is 22.9 Å². The highest BCUT2D eigenvalue weighted by atomic mass is 32.1. The minimum atomic E-state index is -0.227. The van der Waals surface area contributed by atoms with Crippen LogP contribution in [0.4, 0.5) is 5.69 Å². The molecule has 1 amide bonds. The van der Waals surface area contributed by atoms with E-state index in [4.69, 9.17) is 14.2 Å². The van der Waals surface area contributed by atoms with Crippen molar-refractivity contribution in [3.63, 3.8) is 0 Å². The zero-order valence-electron chi connectivity index (χ0n) is 24.4. The van der Waals surface area contributed by atoms with Crippen LogP contribution in [0.25, 0.3) is 0 Å². The molecule has 0 saturated heterocycles. The van der Waals surface area contributed by atoms with E-state index in [0.717, 1.165) is 25.1 Å². The second-order valence-electron chi connectivity index (χ2n) is 10.3. The Morgan fingerprint density at radius 1 is 0.825 bits per heavy atom. The second-order valence-corrected chi connectivity index (χ2v) is 11.0. The van der Waals surface area contributed by atoms with Gasteiger partial charge in [0.25, 0.3) is 5.91 Å². The summed E-state index contributed by atoms with van der Waals surface area (Å²) in [6, 6.07) is 13.4. The van der Waals surface area contributed by atoms with Gasteiger partial charge < -0.3 is 19.5 Å². The predicted molar refractivity (Wildman–Crippen MR) is 164 cm³/mol. The molecule has 0 fully saturated rings. The van der Waals surface area contributed by atoms with E-state index in [1.165, 1.54) is 69.8 Å². The Hall–Kier alpha value is -3.06. The molecule has 0 aliphatic heterocycles. The van der Waals surface area contributed by atoms with E-state index in [0.29, 0.717) is 23.9 Å². The number of hydrogen-bond donors (Lipinski definition) is 1. The minimum Gasteiger partial charge on any atom is -0.493 e. The van der Waals surface area contributed by atoms with E-state index in [9.17, 15) is 4.79 Å². The summed E-state index contributed by atoms with van der Waals surface area (Å²) in [4.78, 5) is 12.6. The number of carbonyl (C=O) groups excluding carboxylic acids is 1. The fraction of sp³-hybridized carbons (Fsp3) is 0.515. The van der Waals surface area contributed by atoms with Crippen LogP contribution in [0.5, 0.6) is 17.2 Å². The van der Waals surface area contributed by atoms with Gasteiger partial charge in [-0.05, 0) is 30.7 Å². The van der Waals surface area contributed by atoms with Gasteiger partial charge in [-0.15, -0.1) is 0 Å². The maximum absolute atomic E-state index is 12.6. The van der Waals surface area contributed by atoms with E-state index in [1.54, 1.807) is 18.4 Å². The topological polar surface area (TPSA) is 60.7 Å². The lowest BCUT2D eigenvalue weighted by Crippen LogP contribution is -2.30. The van der Waals surface area contributed by atoms with Crippen molar-refractivity contribution in [3.8, 4) is 17.2 Å². The normalized spacial score (nSPS) is 10.8. The molecular weight excluding hydrogens is 520 g/mol. The first-order chi connectivity index (χ1) is 19.7. The van der Waals surface area contributed by atoms with Crippen molar-refractivity contribution in [1.82, 2.24) is 0 Å². The molecule has 0 radical (unpaired) electrons. The molecule has 2 aromatic carbocycles. The molecule has 1 heterocycles. The van der Waals surface area contributed by atoms with Crippen molar-refractivity contribution in [3.05, 3.63) is 65.1 Å². The largest absolute Gasteiger partial charge is 0.493 e. The molecule has 1 N–H and O–H groups in total. The van der Waals surface area contributed by atoms with Gasteiger partial charge >= 0.3 is 0 Å². The highest BCUT2D eigenvalue weighted by molar-refractivity contribution is 7.07. The Morgan fingerprint density at radius 3 is 2.10 bits per heavy atom. The van der Waals surface area contributed by atoms with E-state index < -0.39 is 0 Å². The number of methoxy groups -OCH3 is 1. The number of thiazole rings is 1. The van der Waals surface area contributed by atoms with Crippen molar-refractivity contribution in [2.45, 2.75) is 90.5 Å². The standard InChI is InChI=1S/C33H46N2O4S/c1-3-4-5-6-7-8-9-10-11-12-13-14-23-38-33-30(37-2)16-15-17-31(33)39-26-32(36)34-29-20-18-28(19-21-29)25-35-22-24-40-27-35/h15-22,24,27H,3-14,23,25-26H2,1-2H3/p+1. The average molecular weight is 568 g/mol. The van der Waals surface area contributed by atoms with Crippen molar-refractivity contribution in [2.24, 2.45) is 0 Å². The summed E-state index contributed by atoms with van der Waals surface area (Å²) in [5, 5.41) is 4.95. The maximum Gasteiger partial charge on any atom is 0.262 e. The van der Waals surface area contributed by atoms with Crippen molar-refractivity contribution < 1.29 is 23.6 Å². The molecule has 0 spiro atoms. The molecular formula is C33H47N2O4S+. The number of rotatable bonds is 21. The smallest absolute Gasteiger partial charge is 0.262 e. The quantitative estimate of drug-likeness (QED) is 0.104. The molecule has 3 rings (SSSR count). The summed E-state index contributed by atoms with van der Waals surface area (Å²) >= 11 is 1.66. The molecule has 0 saturated carbocycles. The van der Waals surface area contributed by atoms with Gasteiger partial charge in [0.2, 0.25) is 11.3 Å². The van der Waals surface area contributed by atoms with E-state index in [1.807, 2.05) is 54.0 Å². The van der Waals surface area contributed by atoms with Gasteiger partial charge in [0, 0.05) is 11.3 Å². The molecule has 6 nitrogen and oxygen atoms in total. The summed E-state index contributed by atoms with van der Waals surface area (Å²) in [5.74, 6) is 1.44. The zero-order valence-corrected chi connectivity index (χ0v) is 25.2. The Morgan fingerprint density at radius 2 is 1.48 bits per heavy atom. The third kappa shape index (κ3) is 12.0. The van der Waals surface area contributed by atoms with E-state index >= 15 is 0 Å². The van der Waals surface area contributed by atoms with Gasteiger partial charge in [0.15, 0.2) is 30.8 Å². The number of carbonyl (C=O) groups is 1. The van der Waals surface area contributed by atoms with Crippen molar-refractivity contribution in [1.29, 1.82) is 0 Å². The van der Waals surface area contributed by atoms with Crippen LogP contribution in [-0.2, 0) is 11.3 Å². The molecule has 3 aromatic rings. The Bertz CT molecular complexity index is 1090. The Kier molecular flexibility index (Phi) is 15.0. The predicted octanol–water partition coefficient (Wildman–Crippen LogP) is 8.19. The number of nitrogens with one attached hydrogen (secondary N) is 1. The first-order valence-corrected chi connectivity index (χ1v) is 15.9. The highest BCUT2D eigenvalue weighted by Crippen LogP contribution is 2.37. The summed E-state index contributed by atoms with van der Waals surface area (Å²) in [7, 11) is 1.61. The maximum atomic E-state index is 12.6. The van der Waals surface area contributed by atoms with Crippen LogP contribution in [0.3, 0.4) is 0 Å². The number of ether oxygens (including phenoxy) is 3. The lowest BCUT2D eigenvalue weighted by molar-refractivity contribution is -0.683. The first-order valence-electron chi connectivity index (χ1n) is 14.9. The summed E-state index contributed by atoms with van der Waals surface area (Å²) in [6.07, 6.45) is 17.7. The number of hydrogen-bond acceptors (Lipinski definition) is 5. The first kappa shape index (κ1) is 31.5. The van der Waals surface area contributed by atoms with Gasteiger partial charge in [0.1, 0.15) is 0 Å². The molecule has 218 valence electrons. The number of nitrogens with zero attached hydrogens (tertiary/aromatic N) is 1. The number of para-hydroxylation sites is 1. The fourth-order valence-corrected chi connectivity index (χ4v) is 5.22. The van der Waals surface area contributed by atoms with Crippen LogP contribution in [0.1, 0.15) is 89.5 Å². The van der Waals surface area contributed by atoms with Gasteiger partial charge in [-0.3, -0.25) is 4.79 Å².